The van der Waals surface area contributed by atoms with Crippen molar-refractivity contribution in [2.75, 3.05) is 7.11 Å². The number of methoxy groups -OCH3 is 1. The lowest BCUT2D eigenvalue weighted by Crippen LogP contribution is -2.13. The molecule has 0 bridgehead atoms. The molecule has 1 aromatic heterocycles. The van der Waals surface area contributed by atoms with Gasteiger partial charge < -0.3 is 10.5 Å². The van der Waals surface area contributed by atoms with Crippen LogP contribution in [0.3, 0.4) is 0 Å². The minimum absolute atomic E-state index is 0.0331. The standard InChI is InChI=1S/C10H8BrFN4O2/c1-18-5-3-2-4(11)6(7(5)12)8-9(10(13)17)15-16-14-8/h2-3H,1H3,(H2,13,17)(H,14,15,16). The minimum atomic E-state index is -0.798. The Hall–Kier alpha value is -1.96. The number of nitrogens with one attached hydrogen (secondary N) is 1. The molecule has 1 aromatic carbocycles. The second-order valence-electron chi connectivity index (χ2n) is 3.32. The van der Waals surface area contributed by atoms with E-state index in [0.717, 1.165) is 0 Å². The summed E-state index contributed by atoms with van der Waals surface area (Å²) < 4.78 is 19.4. The second kappa shape index (κ2) is 4.73. The van der Waals surface area contributed by atoms with E-state index < -0.39 is 11.7 Å². The van der Waals surface area contributed by atoms with E-state index in [0.29, 0.717) is 4.47 Å². The van der Waals surface area contributed by atoms with Crippen molar-refractivity contribution in [1.82, 2.24) is 15.4 Å². The van der Waals surface area contributed by atoms with Crippen molar-refractivity contribution in [2.24, 2.45) is 5.73 Å². The molecule has 94 valence electrons. The maximum Gasteiger partial charge on any atom is 0.271 e. The van der Waals surface area contributed by atoms with E-state index in [2.05, 4.69) is 31.3 Å². The first-order valence-electron chi connectivity index (χ1n) is 4.79. The van der Waals surface area contributed by atoms with Gasteiger partial charge in [-0.1, -0.05) is 0 Å². The number of carbonyl (C=O) groups excluding carboxylic acids is 1. The van der Waals surface area contributed by atoms with E-state index in [4.69, 9.17) is 10.5 Å². The maximum atomic E-state index is 14.2. The van der Waals surface area contributed by atoms with Crippen molar-refractivity contribution in [2.45, 2.75) is 0 Å². The first-order valence-corrected chi connectivity index (χ1v) is 5.58. The van der Waals surface area contributed by atoms with Crippen LogP contribution >= 0.6 is 15.9 Å². The zero-order valence-corrected chi connectivity index (χ0v) is 10.8. The van der Waals surface area contributed by atoms with Crippen LogP contribution in [0.2, 0.25) is 0 Å². The number of benzene rings is 1. The van der Waals surface area contributed by atoms with Gasteiger partial charge in [0.1, 0.15) is 5.69 Å². The van der Waals surface area contributed by atoms with Crippen LogP contribution < -0.4 is 10.5 Å². The van der Waals surface area contributed by atoms with Crippen molar-refractivity contribution < 1.29 is 13.9 Å². The Morgan fingerprint density at radius 2 is 2.22 bits per heavy atom. The Labute approximate surface area is 109 Å². The molecular weight excluding hydrogens is 307 g/mol. The Bertz CT molecular complexity index is 614. The third-order valence-corrected chi connectivity index (χ3v) is 2.95. The molecule has 2 aromatic rings. The number of aromatic nitrogens is 3. The van der Waals surface area contributed by atoms with Crippen molar-refractivity contribution in [3.8, 4) is 17.0 Å². The van der Waals surface area contributed by atoms with Crippen molar-refractivity contribution >= 4 is 21.8 Å². The minimum Gasteiger partial charge on any atom is -0.494 e. The van der Waals surface area contributed by atoms with Crippen LogP contribution in [0.15, 0.2) is 16.6 Å². The van der Waals surface area contributed by atoms with Gasteiger partial charge in [0.15, 0.2) is 17.3 Å². The van der Waals surface area contributed by atoms with Crippen LogP contribution in [-0.2, 0) is 0 Å². The molecule has 3 N–H and O–H groups in total. The number of ether oxygens (including phenoxy) is 1. The monoisotopic (exact) mass is 314 g/mol. The third-order valence-electron chi connectivity index (χ3n) is 2.29. The van der Waals surface area contributed by atoms with E-state index in [-0.39, 0.29) is 22.7 Å². The molecule has 0 atom stereocenters. The van der Waals surface area contributed by atoms with E-state index in [9.17, 15) is 9.18 Å². The number of aromatic amines is 1. The fraction of sp³-hybridized carbons (Fsp3) is 0.100. The highest BCUT2D eigenvalue weighted by atomic mass is 79.9. The first kappa shape index (κ1) is 12.5. The average Bonchev–Trinajstić information content (AvgIpc) is 2.78. The summed E-state index contributed by atoms with van der Waals surface area (Å²) in [6.45, 7) is 0. The number of rotatable bonds is 3. The van der Waals surface area contributed by atoms with Gasteiger partial charge in [0.25, 0.3) is 5.91 Å². The fourth-order valence-corrected chi connectivity index (χ4v) is 1.98. The van der Waals surface area contributed by atoms with Gasteiger partial charge in [0, 0.05) is 4.47 Å². The van der Waals surface area contributed by atoms with Crippen molar-refractivity contribution in [1.29, 1.82) is 0 Å². The fourth-order valence-electron chi connectivity index (χ4n) is 1.49. The van der Waals surface area contributed by atoms with Crippen LogP contribution in [-0.4, -0.2) is 28.4 Å². The SMILES string of the molecule is COc1ccc(Br)c(-c2n[nH]nc2C(N)=O)c1F. The summed E-state index contributed by atoms with van der Waals surface area (Å²) >= 11 is 3.19. The Morgan fingerprint density at radius 1 is 1.50 bits per heavy atom. The molecule has 0 fully saturated rings. The summed E-state index contributed by atoms with van der Waals surface area (Å²) in [6, 6.07) is 3.03. The quantitative estimate of drug-likeness (QED) is 0.897. The second-order valence-corrected chi connectivity index (χ2v) is 4.18. The van der Waals surface area contributed by atoms with Gasteiger partial charge in [0.2, 0.25) is 0 Å². The van der Waals surface area contributed by atoms with E-state index in [1.54, 1.807) is 6.07 Å². The number of nitrogens with two attached hydrogens (primary N) is 1. The predicted molar refractivity (Wildman–Crippen MR) is 64.5 cm³/mol. The number of carbonyl (C=O) groups is 1. The van der Waals surface area contributed by atoms with Crippen LogP contribution in [0, 0.1) is 5.82 Å². The Morgan fingerprint density at radius 3 is 2.83 bits per heavy atom. The van der Waals surface area contributed by atoms with Gasteiger partial charge in [0.05, 0.1) is 12.7 Å². The molecule has 0 spiro atoms. The molecule has 2 rings (SSSR count). The lowest BCUT2D eigenvalue weighted by molar-refractivity contribution is 0.0996. The lowest BCUT2D eigenvalue weighted by atomic mass is 10.1. The highest BCUT2D eigenvalue weighted by Crippen LogP contribution is 2.35. The number of primary amides is 1. The molecule has 1 amide bonds. The van der Waals surface area contributed by atoms with Gasteiger partial charge in [-0.15, -0.1) is 0 Å². The molecule has 0 radical (unpaired) electrons. The van der Waals surface area contributed by atoms with Crippen LogP contribution in [0.25, 0.3) is 11.3 Å². The van der Waals surface area contributed by atoms with E-state index >= 15 is 0 Å². The maximum absolute atomic E-state index is 14.2. The molecule has 0 saturated heterocycles. The van der Waals surface area contributed by atoms with Gasteiger partial charge in [-0.25, -0.2) is 4.39 Å². The summed E-state index contributed by atoms with van der Waals surface area (Å²) in [5.41, 5.74) is 5.10. The number of amides is 1. The molecule has 18 heavy (non-hydrogen) atoms. The molecule has 1 heterocycles. The van der Waals surface area contributed by atoms with Crippen LogP contribution in [0.5, 0.6) is 5.75 Å². The largest absolute Gasteiger partial charge is 0.494 e. The molecule has 0 unspecified atom stereocenters. The Kier molecular flexibility index (Phi) is 3.28. The third kappa shape index (κ3) is 1.94. The zero-order chi connectivity index (χ0) is 13.3. The summed E-state index contributed by atoms with van der Waals surface area (Å²) in [6.07, 6.45) is 0. The van der Waals surface area contributed by atoms with Crippen molar-refractivity contribution in [3.63, 3.8) is 0 Å². The molecule has 0 aliphatic rings. The topological polar surface area (TPSA) is 93.9 Å². The van der Waals surface area contributed by atoms with Gasteiger partial charge in [-0.3, -0.25) is 4.79 Å². The predicted octanol–water partition coefficient (Wildman–Crippen LogP) is 1.48. The van der Waals surface area contributed by atoms with E-state index in [1.807, 2.05) is 0 Å². The molecule has 0 saturated carbocycles. The van der Waals surface area contributed by atoms with Crippen molar-refractivity contribution in [3.05, 3.63) is 28.1 Å². The number of nitrogens with zero attached hydrogens (tertiary/aromatic N) is 2. The molecule has 0 aliphatic heterocycles. The molecule has 8 heteroatoms. The summed E-state index contributed by atoms with van der Waals surface area (Å²) in [5, 5.41) is 9.57. The molecule has 6 nitrogen and oxygen atoms in total. The number of hydrogen-bond donors (Lipinski definition) is 2. The first-order chi connectivity index (χ1) is 8.56. The zero-order valence-electron chi connectivity index (χ0n) is 9.20. The van der Waals surface area contributed by atoms with Crippen LogP contribution in [0.4, 0.5) is 4.39 Å². The summed E-state index contributed by atoms with van der Waals surface area (Å²) in [5.74, 6) is -1.41. The average molecular weight is 315 g/mol. The molecule has 0 aliphatic carbocycles. The Balaban J connectivity index is 2.70. The normalized spacial score (nSPS) is 10.4. The molecular formula is C10H8BrFN4O2. The van der Waals surface area contributed by atoms with Gasteiger partial charge >= 0.3 is 0 Å². The smallest absolute Gasteiger partial charge is 0.271 e. The van der Waals surface area contributed by atoms with Gasteiger partial charge in [-0.2, -0.15) is 15.4 Å². The lowest BCUT2D eigenvalue weighted by Gasteiger charge is -2.08. The summed E-state index contributed by atoms with van der Waals surface area (Å²) in [4.78, 5) is 11.2. The van der Waals surface area contributed by atoms with Crippen LogP contribution in [0.1, 0.15) is 10.5 Å². The number of H-pyrrole nitrogens is 1. The van der Waals surface area contributed by atoms with Gasteiger partial charge in [-0.05, 0) is 28.1 Å². The van der Waals surface area contributed by atoms with E-state index in [1.165, 1.54) is 13.2 Å². The highest BCUT2D eigenvalue weighted by molar-refractivity contribution is 9.10. The highest BCUT2D eigenvalue weighted by Gasteiger charge is 2.23. The summed E-state index contributed by atoms with van der Waals surface area (Å²) in [7, 11) is 1.34. The number of halogens is 2. The number of hydrogen-bond acceptors (Lipinski definition) is 4.